The highest BCUT2D eigenvalue weighted by Gasteiger charge is 2.13. The monoisotopic (exact) mass is 203 g/mol. The fourth-order valence-electron chi connectivity index (χ4n) is 2.18. The highest BCUT2D eigenvalue weighted by molar-refractivity contribution is 5.70. The Labute approximate surface area is 90.7 Å². The summed E-state index contributed by atoms with van der Waals surface area (Å²) in [5.74, 6) is 0.947. The van der Waals surface area contributed by atoms with E-state index in [0.29, 0.717) is 6.54 Å². The van der Waals surface area contributed by atoms with Crippen molar-refractivity contribution in [3.63, 3.8) is 0 Å². The molecule has 0 heterocycles. The van der Waals surface area contributed by atoms with Gasteiger partial charge in [0.25, 0.3) is 0 Å². The minimum atomic E-state index is 0.626. The van der Waals surface area contributed by atoms with Crippen molar-refractivity contribution < 1.29 is 4.74 Å². The van der Waals surface area contributed by atoms with Gasteiger partial charge in [0.05, 0.1) is 7.11 Å². The largest absolute Gasteiger partial charge is 0.497 e. The van der Waals surface area contributed by atoms with Crippen molar-refractivity contribution in [3.8, 4) is 5.75 Å². The van der Waals surface area contributed by atoms with Gasteiger partial charge < -0.3 is 10.5 Å². The van der Waals surface area contributed by atoms with Crippen LogP contribution in [0.25, 0.3) is 5.57 Å². The standard InChI is InChI=1S/C13H17NO/c1-15-12-5-6-13-10(7-8-14)3-2-4-11(13)9-12/h5-7,9H,2-4,8,14H2,1H3. The molecule has 0 unspecified atom stereocenters. The molecular weight excluding hydrogens is 186 g/mol. The first-order chi connectivity index (χ1) is 7.35. The minimum absolute atomic E-state index is 0.626. The lowest BCUT2D eigenvalue weighted by Crippen LogP contribution is -2.04. The molecule has 0 saturated carbocycles. The first-order valence-corrected chi connectivity index (χ1v) is 5.41. The number of rotatable bonds is 2. The Balaban J connectivity index is 2.41. The Bertz CT molecular complexity index is 382. The topological polar surface area (TPSA) is 35.2 Å². The summed E-state index contributed by atoms with van der Waals surface area (Å²) in [6.45, 7) is 0.626. The fourth-order valence-corrected chi connectivity index (χ4v) is 2.18. The second-order valence-corrected chi connectivity index (χ2v) is 3.84. The molecule has 0 saturated heterocycles. The molecule has 0 aliphatic heterocycles. The summed E-state index contributed by atoms with van der Waals surface area (Å²) in [5.41, 5.74) is 9.71. The van der Waals surface area contributed by atoms with E-state index < -0.39 is 0 Å². The van der Waals surface area contributed by atoms with E-state index in [2.05, 4.69) is 18.2 Å². The third kappa shape index (κ3) is 2.05. The van der Waals surface area contributed by atoms with E-state index in [0.717, 1.165) is 18.6 Å². The van der Waals surface area contributed by atoms with E-state index in [1.807, 2.05) is 6.07 Å². The molecule has 0 bridgehead atoms. The van der Waals surface area contributed by atoms with Gasteiger partial charge in [-0.1, -0.05) is 12.1 Å². The normalized spacial score (nSPS) is 17.6. The third-order valence-corrected chi connectivity index (χ3v) is 2.91. The van der Waals surface area contributed by atoms with Crippen molar-refractivity contribution >= 4 is 5.57 Å². The molecule has 1 aromatic rings. The molecule has 1 aliphatic rings. The number of fused-ring (bicyclic) bond motifs is 1. The van der Waals surface area contributed by atoms with E-state index >= 15 is 0 Å². The smallest absolute Gasteiger partial charge is 0.119 e. The molecule has 80 valence electrons. The van der Waals surface area contributed by atoms with Crippen LogP contribution in [-0.2, 0) is 6.42 Å². The van der Waals surface area contributed by atoms with Gasteiger partial charge in [-0.05, 0) is 48.1 Å². The highest BCUT2D eigenvalue weighted by Crippen LogP contribution is 2.32. The molecule has 1 aliphatic carbocycles. The third-order valence-electron chi connectivity index (χ3n) is 2.91. The Morgan fingerprint density at radius 2 is 2.27 bits per heavy atom. The van der Waals surface area contributed by atoms with Crippen LogP contribution in [0.4, 0.5) is 0 Å². The van der Waals surface area contributed by atoms with Crippen LogP contribution in [-0.4, -0.2) is 13.7 Å². The molecule has 0 atom stereocenters. The maximum atomic E-state index is 5.57. The van der Waals surface area contributed by atoms with Gasteiger partial charge in [0.2, 0.25) is 0 Å². The van der Waals surface area contributed by atoms with Crippen molar-refractivity contribution in [2.24, 2.45) is 5.73 Å². The molecule has 0 fully saturated rings. The lowest BCUT2D eigenvalue weighted by molar-refractivity contribution is 0.414. The van der Waals surface area contributed by atoms with Crippen LogP contribution in [0.2, 0.25) is 0 Å². The Hall–Kier alpha value is -1.28. The zero-order valence-corrected chi connectivity index (χ0v) is 9.12. The molecule has 2 rings (SSSR count). The van der Waals surface area contributed by atoms with Crippen molar-refractivity contribution in [1.29, 1.82) is 0 Å². The molecular formula is C13H17NO. The van der Waals surface area contributed by atoms with Crippen LogP contribution in [0.15, 0.2) is 24.3 Å². The van der Waals surface area contributed by atoms with E-state index in [-0.39, 0.29) is 0 Å². The molecule has 0 aromatic heterocycles. The summed E-state index contributed by atoms with van der Waals surface area (Å²) < 4.78 is 5.23. The molecule has 2 nitrogen and oxygen atoms in total. The Morgan fingerprint density at radius 1 is 1.40 bits per heavy atom. The average Bonchev–Trinajstić information content (AvgIpc) is 2.29. The van der Waals surface area contributed by atoms with E-state index in [1.54, 1.807) is 7.11 Å². The molecule has 0 radical (unpaired) electrons. The average molecular weight is 203 g/mol. The predicted octanol–water partition coefficient (Wildman–Crippen LogP) is 2.37. The fraction of sp³-hybridized carbons (Fsp3) is 0.385. The quantitative estimate of drug-likeness (QED) is 0.801. The van der Waals surface area contributed by atoms with Crippen LogP contribution < -0.4 is 10.5 Å². The van der Waals surface area contributed by atoms with Crippen molar-refractivity contribution in [3.05, 3.63) is 35.4 Å². The van der Waals surface area contributed by atoms with Crippen molar-refractivity contribution in [2.75, 3.05) is 13.7 Å². The van der Waals surface area contributed by atoms with Crippen LogP contribution in [0.5, 0.6) is 5.75 Å². The Kier molecular flexibility index (Phi) is 3.07. The summed E-state index contributed by atoms with van der Waals surface area (Å²) in [6, 6.07) is 6.31. The zero-order chi connectivity index (χ0) is 10.7. The summed E-state index contributed by atoms with van der Waals surface area (Å²) in [6.07, 6.45) is 5.64. The van der Waals surface area contributed by atoms with Gasteiger partial charge in [-0.3, -0.25) is 0 Å². The van der Waals surface area contributed by atoms with Crippen LogP contribution in [0.1, 0.15) is 24.0 Å². The van der Waals surface area contributed by atoms with Crippen LogP contribution >= 0.6 is 0 Å². The second kappa shape index (κ2) is 4.49. The first-order valence-electron chi connectivity index (χ1n) is 5.41. The molecule has 2 heteroatoms. The highest BCUT2D eigenvalue weighted by atomic mass is 16.5. The van der Waals surface area contributed by atoms with Gasteiger partial charge in [0, 0.05) is 6.54 Å². The minimum Gasteiger partial charge on any atom is -0.497 e. The summed E-state index contributed by atoms with van der Waals surface area (Å²) in [5, 5.41) is 0. The van der Waals surface area contributed by atoms with E-state index in [9.17, 15) is 0 Å². The van der Waals surface area contributed by atoms with Gasteiger partial charge >= 0.3 is 0 Å². The SMILES string of the molecule is COc1ccc2c(c1)CCCC2=CCN. The lowest BCUT2D eigenvalue weighted by atomic mass is 9.87. The second-order valence-electron chi connectivity index (χ2n) is 3.84. The van der Waals surface area contributed by atoms with Gasteiger partial charge in [-0.15, -0.1) is 0 Å². The van der Waals surface area contributed by atoms with E-state index in [1.165, 1.54) is 23.1 Å². The van der Waals surface area contributed by atoms with Gasteiger partial charge in [0.15, 0.2) is 0 Å². The maximum Gasteiger partial charge on any atom is 0.119 e. The number of nitrogens with two attached hydrogens (primary N) is 1. The van der Waals surface area contributed by atoms with Crippen molar-refractivity contribution in [2.45, 2.75) is 19.3 Å². The lowest BCUT2D eigenvalue weighted by Gasteiger charge is -2.19. The van der Waals surface area contributed by atoms with Gasteiger partial charge in [-0.2, -0.15) is 0 Å². The Morgan fingerprint density at radius 3 is 3.00 bits per heavy atom. The maximum absolute atomic E-state index is 5.57. The number of benzene rings is 1. The number of methoxy groups -OCH3 is 1. The van der Waals surface area contributed by atoms with Crippen LogP contribution in [0, 0.1) is 0 Å². The number of hydrogen-bond donors (Lipinski definition) is 1. The molecule has 1 aromatic carbocycles. The first kappa shape index (κ1) is 10.2. The summed E-state index contributed by atoms with van der Waals surface area (Å²) in [7, 11) is 1.71. The molecule has 0 spiro atoms. The number of allylic oxidation sites excluding steroid dienone is 1. The molecule has 15 heavy (non-hydrogen) atoms. The zero-order valence-electron chi connectivity index (χ0n) is 9.12. The number of aryl methyl sites for hydroxylation is 1. The van der Waals surface area contributed by atoms with Crippen molar-refractivity contribution in [1.82, 2.24) is 0 Å². The number of ether oxygens (including phenoxy) is 1. The van der Waals surface area contributed by atoms with Gasteiger partial charge in [0.1, 0.15) is 5.75 Å². The summed E-state index contributed by atoms with van der Waals surface area (Å²) >= 11 is 0. The predicted molar refractivity (Wildman–Crippen MR) is 63.0 cm³/mol. The molecule has 2 N–H and O–H groups in total. The van der Waals surface area contributed by atoms with E-state index in [4.69, 9.17) is 10.5 Å². The summed E-state index contributed by atoms with van der Waals surface area (Å²) in [4.78, 5) is 0. The number of hydrogen-bond acceptors (Lipinski definition) is 2. The van der Waals surface area contributed by atoms with Crippen LogP contribution in [0.3, 0.4) is 0 Å². The molecule has 0 amide bonds. The van der Waals surface area contributed by atoms with Gasteiger partial charge in [-0.25, -0.2) is 0 Å².